The molecule has 0 aliphatic rings. The summed E-state index contributed by atoms with van der Waals surface area (Å²) in [6.07, 6.45) is 1.30. The molecule has 0 aliphatic heterocycles. The van der Waals surface area contributed by atoms with Crippen LogP contribution in [0.4, 0.5) is 0 Å². The van der Waals surface area contributed by atoms with Crippen molar-refractivity contribution in [3.8, 4) is 11.5 Å². The maximum absolute atomic E-state index is 14.4. The monoisotopic (exact) mass is 1220 g/mol. The number of nitrogens with one attached hydrogen (secondary N) is 8. The van der Waals surface area contributed by atoms with Crippen LogP contribution in [-0.4, -0.2) is 182 Å². The van der Waals surface area contributed by atoms with E-state index >= 15 is 0 Å². The van der Waals surface area contributed by atoms with E-state index < -0.39 is 145 Å². The molecule has 0 saturated carbocycles. The van der Waals surface area contributed by atoms with Gasteiger partial charge in [-0.3, -0.25) is 52.9 Å². The van der Waals surface area contributed by atoms with Crippen LogP contribution < -0.4 is 59.7 Å². The molecule has 0 fully saturated rings. The number of carbonyl (C=O) groups excluding carboxylic acids is 8. The molecule has 30 heteroatoms. The second-order valence-electron chi connectivity index (χ2n) is 20.3. The third kappa shape index (κ3) is 27.0. The number of aliphatic imine (C=N–C) groups is 1. The van der Waals surface area contributed by atoms with Crippen molar-refractivity contribution in [1.82, 2.24) is 42.5 Å². The van der Waals surface area contributed by atoms with Crippen LogP contribution in [0.5, 0.6) is 11.5 Å². The Hall–Kier alpha value is -7.86. The highest BCUT2D eigenvalue weighted by molar-refractivity contribution is 7.98. The molecule has 84 heavy (non-hydrogen) atoms. The number of aromatic hydroxyl groups is 2. The lowest BCUT2D eigenvalue weighted by molar-refractivity contribution is -0.142. The molecule has 466 valence electrons. The summed E-state index contributed by atoms with van der Waals surface area (Å²) in [5, 5.41) is 69.5. The average molecular weight is 1220 g/mol. The molecule has 0 aromatic heterocycles. The van der Waals surface area contributed by atoms with Crippen LogP contribution in [0.15, 0.2) is 53.5 Å². The highest BCUT2D eigenvalue weighted by Gasteiger charge is 2.37. The van der Waals surface area contributed by atoms with E-state index in [1.807, 2.05) is 6.26 Å². The van der Waals surface area contributed by atoms with Gasteiger partial charge in [-0.15, -0.1) is 0 Å². The molecule has 2 rings (SSSR count). The van der Waals surface area contributed by atoms with Gasteiger partial charge >= 0.3 is 17.9 Å². The molecule has 0 bridgehead atoms. The van der Waals surface area contributed by atoms with Gasteiger partial charge in [0.05, 0.1) is 18.9 Å². The smallest absolute Gasteiger partial charge is 0.326 e. The fourth-order valence-electron chi connectivity index (χ4n) is 8.12. The van der Waals surface area contributed by atoms with Crippen molar-refractivity contribution in [2.75, 3.05) is 30.6 Å². The number of thioether (sulfide) groups is 2. The van der Waals surface area contributed by atoms with Crippen molar-refractivity contribution >= 4 is 94.6 Å². The molecule has 19 N–H and O–H groups in total. The van der Waals surface area contributed by atoms with Crippen molar-refractivity contribution in [3.63, 3.8) is 0 Å². The molecular formula is C54H82N12O16S2. The van der Waals surface area contributed by atoms with Crippen molar-refractivity contribution in [1.29, 1.82) is 0 Å². The summed E-state index contributed by atoms with van der Waals surface area (Å²) in [4.78, 5) is 153. The standard InChI is InChI=1S/C54H82N12O16S2/c1-7-29(4)44(52(80)65-37(23-28(2)3)47(75)60-36(53(81)82)19-22-84-6)66-51(79)41(27-43(71)72)64-49(77)39(25-31-12-16-33(68)17-13-31)62-50(78)40(26-42(69)70)63-48(76)38(24-30-10-14-32(67)15-11-30)61-46(74)35(9-8-20-58-54(56)57)59-45(73)34(55)18-21-83-5/h10-17,28-29,34-41,44,67-68H,7-9,18-27,55H2,1-6H3,(H,59,73)(H,60,75)(H,61,74)(H,62,78)(H,63,76)(H,64,77)(H,65,80)(H,66,79)(H,69,70)(H,71,72)(H,81,82)(H4,56,57,58)/t29-,34-,35-,36-,37-,38-,39-,40-,41-,44-/m0/s1. The lowest BCUT2D eigenvalue weighted by Crippen LogP contribution is -2.61. The number of amides is 8. The Morgan fingerprint density at radius 2 is 0.905 bits per heavy atom. The van der Waals surface area contributed by atoms with E-state index in [1.165, 1.54) is 72.1 Å². The number of hydrogen-bond acceptors (Lipinski definition) is 17. The van der Waals surface area contributed by atoms with Gasteiger partial charge in [0.15, 0.2) is 5.96 Å². The van der Waals surface area contributed by atoms with Crippen LogP contribution in [0, 0.1) is 11.8 Å². The first-order valence-corrected chi connectivity index (χ1v) is 29.8. The van der Waals surface area contributed by atoms with Crippen LogP contribution in [0.1, 0.15) is 90.2 Å². The topological polar surface area (TPSA) is 476 Å². The number of carboxylic acid groups (broad SMARTS) is 3. The van der Waals surface area contributed by atoms with E-state index in [9.17, 15) is 78.3 Å². The minimum Gasteiger partial charge on any atom is -0.508 e. The number of carbonyl (C=O) groups is 11. The maximum atomic E-state index is 14.4. The van der Waals surface area contributed by atoms with Gasteiger partial charge in [0.25, 0.3) is 0 Å². The van der Waals surface area contributed by atoms with Crippen molar-refractivity contribution < 1.29 is 78.3 Å². The number of benzene rings is 2. The number of carboxylic acids is 3. The van der Waals surface area contributed by atoms with E-state index in [1.54, 1.807) is 34.0 Å². The molecular weight excluding hydrogens is 1140 g/mol. The summed E-state index contributed by atoms with van der Waals surface area (Å²) < 4.78 is 0. The summed E-state index contributed by atoms with van der Waals surface area (Å²) in [6.45, 7) is 6.82. The average Bonchev–Trinajstić information content (AvgIpc) is 3.21. The number of aliphatic carboxylic acids is 3. The number of guanidine groups is 1. The van der Waals surface area contributed by atoms with Crippen LogP contribution in [0.2, 0.25) is 0 Å². The molecule has 2 aromatic carbocycles. The van der Waals surface area contributed by atoms with Gasteiger partial charge in [-0.05, 0) is 103 Å². The van der Waals surface area contributed by atoms with Gasteiger partial charge in [0.1, 0.15) is 59.8 Å². The molecule has 10 atom stereocenters. The Labute approximate surface area is 495 Å². The van der Waals surface area contributed by atoms with Crippen LogP contribution in [-0.2, 0) is 65.6 Å². The number of phenolic OH excluding ortho intramolecular Hbond substituents is 2. The van der Waals surface area contributed by atoms with Crippen molar-refractivity contribution in [3.05, 3.63) is 59.7 Å². The number of hydrogen-bond donors (Lipinski definition) is 16. The summed E-state index contributed by atoms with van der Waals surface area (Å²) in [6, 6.07) is -3.15. The zero-order chi connectivity index (χ0) is 63.2. The van der Waals surface area contributed by atoms with E-state index in [0.717, 1.165) is 0 Å². The Kier molecular flexibility index (Phi) is 32.1. The third-order valence-electron chi connectivity index (χ3n) is 12.9. The molecule has 28 nitrogen and oxygen atoms in total. The molecule has 2 aromatic rings. The van der Waals surface area contributed by atoms with Gasteiger partial charge in [-0.25, -0.2) is 4.79 Å². The summed E-state index contributed by atoms with van der Waals surface area (Å²) >= 11 is 2.80. The number of rotatable bonds is 39. The molecule has 0 radical (unpaired) electrons. The van der Waals surface area contributed by atoms with Crippen molar-refractivity contribution in [2.45, 2.75) is 146 Å². The van der Waals surface area contributed by atoms with E-state index in [4.69, 9.17) is 17.2 Å². The fraction of sp³-hybridized carbons (Fsp3) is 0.556. The van der Waals surface area contributed by atoms with Crippen LogP contribution >= 0.6 is 23.5 Å². The zero-order valence-corrected chi connectivity index (χ0v) is 49.5. The molecule has 0 aliphatic carbocycles. The first-order chi connectivity index (χ1) is 39.6. The Balaban J connectivity index is 2.60. The van der Waals surface area contributed by atoms with Crippen molar-refractivity contribution in [2.24, 2.45) is 34.0 Å². The lowest BCUT2D eigenvalue weighted by atomic mass is 9.96. The second kappa shape index (κ2) is 37.4. The minimum absolute atomic E-state index is 0.0427. The molecule has 0 heterocycles. The van der Waals surface area contributed by atoms with Gasteiger partial charge < -0.3 is 85.3 Å². The van der Waals surface area contributed by atoms with Gasteiger partial charge in [-0.1, -0.05) is 58.4 Å². The zero-order valence-electron chi connectivity index (χ0n) is 47.9. The Morgan fingerprint density at radius 1 is 0.512 bits per heavy atom. The normalized spacial score (nSPS) is 14.6. The number of nitrogens with two attached hydrogens (primary N) is 3. The van der Waals surface area contributed by atoms with E-state index in [0.29, 0.717) is 17.1 Å². The third-order valence-corrected chi connectivity index (χ3v) is 14.2. The largest absolute Gasteiger partial charge is 0.508 e. The molecule has 0 unspecified atom stereocenters. The van der Waals surface area contributed by atoms with Gasteiger partial charge in [0, 0.05) is 19.4 Å². The first kappa shape index (κ1) is 72.2. The summed E-state index contributed by atoms with van der Waals surface area (Å²) in [5.41, 5.74) is 17.6. The van der Waals surface area contributed by atoms with Gasteiger partial charge in [-0.2, -0.15) is 23.5 Å². The quantitative estimate of drug-likeness (QED) is 0.0212. The minimum atomic E-state index is -2.02. The lowest BCUT2D eigenvalue weighted by Gasteiger charge is -2.29. The predicted molar refractivity (Wildman–Crippen MR) is 314 cm³/mol. The molecule has 0 spiro atoms. The molecule has 0 saturated heterocycles. The Bertz CT molecular complexity index is 2580. The second-order valence-corrected chi connectivity index (χ2v) is 22.3. The summed E-state index contributed by atoms with van der Waals surface area (Å²) in [7, 11) is 0. The first-order valence-electron chi connectivity index (χ1n) is 27.0. The van der Waals surface area contributed by atoms with E-state index in [2.05, 4.69) is 47.5 Å². The highest BCUT2D eigenvalue weighted by Crippen LogP contribution is 2.17. The van der Waals surface area contributed by atoms with Crippen LogP contribution in [0.25, 0.3) is 0 Å². The summed E-state index contributed by atoms with van der Waals surface area (Å²) in [5.74, 6) is -13.2. The number of phenols is 2. The van der Waals surface area contributed by atoms with E-state index in [-0.39, 0.29) is 80.4 Å². The predicted octanol–water partition coefficient (Wildman–Crippen LogP) is -1.23. The van der Waals surface area contributed by atoms with Crippen LogP contribution in [0.3, 0.4) is 0 Å². The highest BCUT2D eigenvalue weighted by atomic mass is 32.2. The fourth-order valence-corrected chi connectivity index (χ4v) is 9.08. The molecule has 8 amide bonds. The maximum Gasteiger partial charge on any atom is 0.326 e. The SMILES string of the molecule is CC[C@H](C)[C@H](NC(=O)[C@H](CC(=O)O)NC(=O)[C@H](Cc1ccc(O)cc1)NC(=O)[C@H](CC(=O)O)NC(=O)[C@H](Cc1ccc(O)cc1)NC(=O)[C@H](CCCN=C(N)N)NC(=O)[C@@H](N)CCSC)C(=O)N[C@@H](CC(C)C)C(=O)N[C@@H](CCSC)C(=O)O. The van der Waals surface area contributed by atoms with Gasteiger partial charge in [0.2, 0.25) is 47.3 Å². The number of nitrogens with zero attached hydrogens (tertiary/aromatic N) is 1. The Morgan fingerprint density at radius 3 is 1.33 bits per heavy atom.